The molecule has 3 heterocycles. The lowest BCUT2D eigenvalue weighted by Gasteiger charge is -2.42. The molecule has 5 rings (SSSR count). The zero-order chi connectivity index (χ0) is 36.3. The van der Waals surface area contributed by atoms with Crippen LogP contribution < -0.4 is 0 Å². The summed E-state index contributed by atoms with van der Waals surface area (Å²) in [6, 6.07) is 6.54. The van der Waals surface area contributed by atoms with E-state index in [0.717, 1.165) is 67.3 Å². The van der Waals surface area contributed by atoms with Crippen molar-refractivity contribution in [2.24, 2.45) is 17.8 Å². The molecule has 1 aromatic carbocycles. The molecule has 1 aromatic rings. The number of benzene rings is 1. The summed E-state index contributed by atoms with van der Waals surface area (Å²) >= 11 is 15.3. The van der Waals surface area contributed by atoms with Crippen molar-refractivity contribution in [3.8, 4) is 0 Å². The first kappa shape index (κ1) is 41.5. The van der Waals surface area contributed by atoms with E-state index >= 15 is 0 Å². The van der Waals surface area contributed by atoms with Gasteiger partial charge in [0.05, 0.1) is 11.4 Å². The van der Waals surface area contributed by atoms with Crippen LogP contribution in [0, 0.1) is 23.2 Å². The zero-order valence-corrected chi connectivity index (χ0v) is 33.8. The van der Waals surface area contributed by atoms with Crippen LogP contribution in [0.1, 0.15) is 111 Å². The van der Waals surface area contributed by atoms with Crippen molar-refractivity contribution in [3.63, 3.8) is 0 Å². The number of hydrogen-bond acceptors (Lipinski definition) is 5. The highest BCUT2D eigenvalue weighted by Gasteiger charge is 2.34. The maximum absolute atomic E-state index is 13.2. The van der Waals surface area contributed by atoms with Crippen molar-refractivity contribution in [2.45, 2.75) is 110 Å². The number of piperidine rings is 3. The maximum Gasteiger partial charge on any atom is 0.410 e. The number of alkyl halides is 1. The molecule has 0 aromatic heterocycles. The minimum atomic E-state index is -0.477. The second kappa shape index (κ2) is 19.7. The van der Waals surface area contributed by atoms with E-state index < -0.39 is 5.60 Å². The monoisotopic (exact) mass is 780 g/mol. The maximum atomic E-state index is 13.2. The summed E-state index contributed by atoms with van der Waals surface area (Å²) in [5, 5.41) is 7.07. The smallest absolute Gasteiger partial charge is 0.410 e. The predicted molar refractivity (Wildman–Crippen MR) is 209 cm³/mol. The third-order valence-corrected chi connectivity index (χ3v) is 11.1. The van der Waals surface area contributed by atoms with Gasteiger partial charge in [-0.2, -0.15) is 0 Å². The largest absolute Gasteiger partial charge is 0.444 e. The van der Waals surface area contributed by atoms with Crippen LogP contribution in [0.15, 0.2) is 34.3 Å². The Labute approximate surface area is 314 Å². The van der Waals surface area contributed by atoms with Crippen molar-refractivity contribution < 1.29 is 14.3 Å². The van der Waals surface area contributed by atoms with Crippen LogP contribution in [-0.2, 0) is 9.53 Å². The fraction of sp³-hybridized carbons (Fsp3) is 0.667. The molecule has 49 heavy (non-hydrogen) atoms. The summed E-state index contributed by atoms with van der Waals surface area (Å²) in [6.07, 6.45) is 12.6. The zero-order valence-electron chi connectivity index (χ0n) is 30.7. The lowest BCUT2D eigenvalue weighted by molar-refractivity contribution is -0.134. The molecule has 4 aliphatic rings. The molecule has 3 fully saturated rings. The quantitative estimate of drug-likeness (QED) is 0.238. The Bertz CT molecular complexity index is 1300. The van der Waals surface area contributed by atoms with E-state index in [1.807, 2.05) is 40.7 Å². The van der Waals surface area contributed by atoms with Gasteiger partial charge in [0.15, 0.2) is 0 Å². The van der Waals surface area contributed by atoms with Gasteiger partial charge in [-0.25, -0.2) is 4.79 Å². The fourth-order valence-electron chi connectivity index (χ4n) is 7.21. The van der Waals surface area contributed by atoms with Gasteiger partial charge in [-0.3, -0.25) is 9.69 Å². The Morgan fingerprint density at radius 2 is 1.51 bits per heavy atom. The normalized spacial score (nSPS) is 21.8. The van der Waals surface area contributed by atoms with E-state index in [9.17, 15) is 9.59 Å². The van der Waals surface area contributed by atoms with E-state index in [4.69, 9.17) is 33.3 Å². The van der Waals surface area contributed by atoms with Crippen LogP contribution in [0.5, 0.6) is 0 Å². The summed E-state index contributed by atoms with van der Waals surface area (Å²) in [5.74, 6) is 2.10. The number of carbonyl (C=O) groups excluding carboxylic acids is 2. The van der Waals surface area contributed by atoms with Crippen LogP contribution in [0.2, 0.25) is 5.02 Å². The Morgan fingerprint density at radius 3 is 2.04 bits per heavy atom. The van der Waals surface area contributed by atoms with Gasteiger partial charge in [0.2, 0.25) is 5.91 Å². The molecular weight excluding hydrogens is 723 g/mol. The van der Waals surface area contributed by atoms with Gasteiger partial charge in [-0.1, -0.05) is 53.5 Å². The summed E-state index contributed by atoms with van der Waals surface area (Å²) in [5.41, 5.74) is 3.31. The van der Waals surface area contributed by atoms with Crippen molar-refractivity contribution >= 4 is 63.4 Å². The highest BCUT2D eigenvalue weighted by atomic mass is 79.9. The average molecular weight is 783 g/mol. The molecule has 2 unspecified atom stereocenters. The van der Waals surface area contributed by atoms with Gasteiger partial charge in [0.1, 0.15) is 5.60 Å². The molecule has 1 aliphatic carbocycles. The number of carbonyl (C=O) groups is 2. The molecule has 0 radical (unpaired) electrons. The van der Waals surface area contributed by atoms with Crippen molar-refractivity contribution in [1.29, 1.82) is 5.41 Å². The van der Waals surface area contributed by atoms with Crippen molar-refractivity contribution in [2.75, 3.05) is 39.3 Å². The van der Waals surface area contributed by atoms with E-state index in [0.29, 0.717) is 37.3 Å². The molecular formula is C39H59BrCl2N4O3. The predicted octanol–water partition coefficient (Wildman–Crippen LogP) is 10.4. The number of ether oxygens (including phenoxy) is 1. The first-order valence-electron chi connectivity index (χ1n) is 18.2. The van der Waals surface area contributed by atoms with Crippen molar-refractivity contribution in [3.05, 3.63) is 50.5 Å². The van der Waals surface area contributed by atoms with E-state index in [2.05, 4.69) is 56.9 Å². The highest BCUT2D eigenvalue weighted by molar-refractivity contribution is 9.12. The van der Waals surface area contributed by atoms with Gasteiger partial charge in [-0.05, 0) is 139 Å². The second-order valence-corrected chi connectivity index (χ2v) is 16.6. The van der Waals surface area contributed by atoms with E-state index in [-0.39, 0.29) is 17.5 Å². The van der Waals surface area contributed by atoms with Gasteiger partial charge < -0.3 is 19.9 Å². The molecule has 2 amide bonds. The number of nitrogens with zero attached hydrogens (tertiary/aromatic N) is 3. The molecule has 0 bridgehead atoms. The topological polar surface area (TPSA) is 76.9 Å². The summed E-state index contributed by atoms with van der Waals surface area (Å²) < 4.78 is 6.64. The second-order valence-electron chi connectivity index (χ2n) is 14.6. The minimum absolute atomic E-state index is 0.102. The Balaban J connectivity index is 0.000000852. The summed E-state index contributed by atoms with van der Waals surface area (Å²) in [7, 11) is 0. The van der Waals surface area contributed by atoms with Crippen LogP contribution in [0.25, 0.3) is 6.08 Å². The number of rotatable bonds is 5. The van der Waals surface area contributed by atoms with Gasteiger partial charge >= 0.3 is 6.09 Å². The number of fused-ring (bicyclic) bond motifs is 1. The number of allylic oxidation sites excluding steroid dienone is 2. The fourth-order valence-corrected chi connectivity index (χ4v) is 7.77. The third-order valence-electron chi connectivity index (χ3n) is 9.92. The number of amides is 2. The third kappa shape index (κ3) is 12.7. The van der Waals surface area contributed by atoms with E-state index in [1.54, 1.807) is 11.8 Å². The average Bonchev–Trinajstić information content (AvgIpc) is 3.20. The van der Waals surface area contributed by atoms with Crippen LogP contribution >= 0.6 is 39.1 Å². The number of likely N-dealkylation sites (tertiary alicyclic amines) is 3. The standard InChI is InChI=1S/C34H47BrClN3O3.C3H6ClN.C2H6/c1-23-19-31(29-6-5-28(36)21-27(29)22-30(23)35)37-15-9-25(10-16-37)26-11-17-38(18-12-26)32(40)20-24-7-13-39(14-8-24)33(41)42-34(2,3)4;1-3(4)2-5;1-2/h5-6,19,21-22,24-26,31H,7-18,20H2,1-4H3;2-3,5H,1H3;1-2H3. The molecule has 7 nitrogen and oxygen atoms in total. The molecule has 0 saturated carbocycles. The first-order valence-corrected chi connectivity index (χ1v) is 19.8. The lowest BCUT2D eigenvalue weighted by atomic mass is 9.78. The molecule has 274 valence electrons. The van der Waals surface area contributed by atoms with E-state index in [1.165, 1.54) is 35.8 Å². The molecule has 0 spiro atoms. The number of hydrogen-bond donors (Lipinski definition) is 1. The minimum Gasteiger partial charge on any atom is -0.444 e. The Morgan fingerprint density at radius 1 is 0.980 bits per heavy atom. The summed E-state index contributed by atoms with van der Waals surface area (Å²) in [6.45, 7) is 18.9. The van der Waals surface area contributed by atoms with Crippen molar-refractivity contribution in [1.82, 2.24) is 14.7 Å². The molecule has 10 heteroatoms. The van der Waals surface area contributed by atoms with Gasteiger partial charge in [-0.15, -0.1) is 11.6 Å². The van der Waals surface area contributed by atoms with Crippen LogP contribution in [0.3, 0.4) is 0 Å². The number of nitrogens with one attached hydrogen (secondary N) is 1. The highest BCUT2D eigenvalue weighted by Crippen LogP contribution is 2.40. The van der Waals surface area contributed by atoms with Crippen LogP contribution in [0.4, 0.5) is 4.79 Å². The Kier molecular flexibility index (Phi) is 16.7. The van der Waals surface area contributed by atoms with Crippen LogP contribution in [-0.4, -0.2) is 83.2 Å². The number of halogens is 3. The Hall–Kier alpha value is -1.87. The molecule has 2 atom stereocenters. The SMILES string of the molecule is CC.CC(Cl)C=N.CC1=CC(N2CCC(C3CCN(C(=O)CC4CCN(C(=O)OC(C)(C)C)CC4)CC3)CC2)c2ccc(Cl)cc2C=C1Br. The first-order chi connectivity index (χ1) is 23.2. The lowest BCUT2D eigenvalue weighted by Crippen LogP contribution is -2.45. The van der Waals surface area contributed by atoms with Gasteiger partial charge in [0, 0.05) is 48.3 Å². The molecule has 1 N–H and O–H groups in total. The molecule has 3 saturated heterocycles. The van der Waals surface area contributed by atoms with Gasteiger partial charge in [0.25, 0.3) is 0 Å². The molecule has 3 aliphatic heterocycles. The summed E-state index contributed by atoms with van der Waals surface area (Å²) in [4.78, 5) is 32.1.